The summed E-state index contributed by atoms with van der Waals surface area (Å²) in [5.74, 6) is 0.675. The lowest BCUT2D eigenvalue weighted by Gasteiger charge is -2.23. The van der Waals surface area contributed by atoms with Gasteiger partial charge in [0.25, 0.3) is 0 Å². The highest BCUT2D eigenvalue weighted by Crippen LogP contribution is 2.25. The van der Waals surface area contributed by atoms with E-state index in [0.717, 1.165) is 36.1 Å². The van der Waals surface area contributed by atoms with Crippen LogP contribution in [0.3, 0.4) is 0 Å². The molecule has 5 heteroatoms. The molecule has 4 aromatic rings. The Kier molecular flexibility index (Phi) is 5.77. The van der Waals surface area contributed by atoms with Crippen molar-refractivity contribution < 1.29 is 4.74 Å². The van der Waals surface area contributed by atoms with E-state index in [4.69, 9.17) is 9.72 Å². The van der Waals surface area contributed by atoms with Gasteiger partial charge in [-0.25, -0.2) is 4.98 Å². The largest absolute Gasteiger partial charge is 0.481 e. The summed E-state index contributed by atoms with van der Waals surface area (Å²) in [6.07, 6.45) is 7.38. The van der Waals surface area contributed by atoms with Gasteiger partial charge in [-0.2, -0.15) is 0 Å². The highest BCUT2D eigenvalue weighted by atomic mass is 16.5. The maximum atomic E-state index is 5.63. The molecule has 0 aliphatic carbocycles. The van der Waals surface area contributed by atoms with Crippen molar-refractivity contribution in [3.05, 3.63) is 95.6 Å². The number of nitrogens with zero attached hydrogens (tertiary/aromatic N) is 4. The van der Waals surface area contributed by atoms with Gasteiger partial charge in [0, 0.05) is 55.4 Å². The van der Waals surface area contributed by atoms with Gasteiger partial charge in [-0.3, -0.25) is 14.9 Å². The van der Waals surface area contributed by atoms with Gasteiger partial charge in [-0.1, -0.05) is 18.2 Å². The van der Waals surface area contributed by atoms with Gasteiger partial charge >= 0.3 is 0 Å². The molecule has 0 bridgehead atoms. The first-order chi connectivity index (χ1) is 14.2. The van der Waals surface area contributed by atoms with E-state index in [0.29, 0.717) is 5.88 Å². The Balaban J connectivity index is 1.66. The Bertz CT molecular complexity index is 1040. The van der Waals surface area contributed by atoms with Crippen molar-refractivity contribution in [2.75, 3.05) is 7.11 Å². The first-order valence-electron chi connectivity index (χ1n) is 9.66. The van der Waals surface area contributed by atoms with E-state index >= 15 is 0 Å². The van der Waals surface area contributed by atoms with E-state index in [1.54, 1.807) is 13.3 Å². The summed E-state index contributed by atoms with van der Waals surface area (Å²) in [7, 11) is 1.68. The molecule has 29 heavy (non-hydrogen) atoms. The summed E-state index contributed by atoms with van der Waals surface area (Å²) >= 11 is 0. The monoisotopic (exact) mass is 384 g/mol. The van der Waals surface area contributed by atoms with Gasteiger partial charge in [0.1, 0.15) is 0 Å². The molecular formula is C24H24N4O. The maximum absolute atomic E-state index is 5.63. The first-order valence-corrected chi connectivity index (χ1v) is 9.66. The Hall–Kier alpha value is -3.31. The van der Waals surface area contributed by atoms with Crippen molar-refractivity contribution in [3.8, 4) is 5.88 Å². The Morgan fingerprint density at radius 3 is 2.45 bits per heavy atom. The normalized spacial score (nSPS) is 11.1. The van der Waals surface area contributed by atoms with Crippen LogP contribution in [0.15, 0.2) is 73.3 Å². The van der Waals surface area contributed by atoms with E-state index in [9.17, 15) is 0 Å². The average Bonchev–Trinajstić information content (AvgIpc) is 2.75. The molecule has 0 aliphatic rings. The van der Waals surface area contributed by atoms with Crippen LogP contribution in [0.25, 0.3) is 10.9 Å². The molecular weight excluding hydrogens is 360 g/mol. The van der Waals surface area contributed by atoms with Gasteiger partial charge in [0.15, 0.2) is 0 Å². The summed E-state index contributed by atoms with van der Waals surface area (Å²) in [4.78, 5) is 15.5. The van der Waals surface area contributed by atoms with Crippen LogP contribution in [0.4, 0.5) is 0 Å². The van der Waals surface area contributed by atoms with E-state index in [-0.39, 0.29) is 0 Å². The lowest BCUT2D eigenvalue weighted by atomic mass is 10.1. The third-order valence-corrected chi connectivity index (χ3v) is 4.88. The molecule has 0 fully saturated rings. The fraction of sp³-hybridized carbons (Fsp3) is 0.208. The van der Waals surface area contributed by atoms with Crippen LogP contribution >= 0.6 is 0 Å². The van der Waals surface area contributed by atoms with Gasteiger partial charge < -0.3 is 4.74 Å². The zero-order valence-electron chi connectivity index (χ0n) is 16.7. The molecule has 0 saturated heterocycles. The Morgan fingerprint density at radius 1 is 0.862 bits per heavy atom. The molecule has 3 aromatic heterocycles. The molecule has 0 amide bonds. The van der Waals surface area contributed by atoms with Crippen LogP contribution in [-0.4, -0.2) is 27.0 Å². The number of methoxy groups -OCH3 is 1. The number of hydrogen-bond donors (Lipinski definition) is 0. The topological polar surface area (TPSA) is 51.1 Å². The number of benzene rings is 1. The highest BCUT2D eigenvalue weighted by Gasteiger charge is 2.14. The number of aromatic nitrogens is 3. The number of aryl methyl sites for hydroxylation is 1. The molecule has 4 rings (SSSR count). The molecule has 0 radical (unpaired) electrons. The second-order valence-electron chi connectivity index (χ2n) is 7.21. The van der Waals surface area contributed by atoms with Crippen molar-refractivity contribution in [2.45, 2.75) is 26.6 Å². The number of ether oxygens (including phenoxy) is 1. The van der Waals surface area contributed by atoms with Crippen LogP contribution in [0.2, 0.25) is 0 Å². The van der Waals surface area contributed by atoms with Crippen LogP contribution in [0.5, 0.6) is 5.88 Å². The van der Waals surface area contributed by atoms with Crippen LogP contribution in [0.1, 0.15) is 22.3 Å². The second kappa shape index (κ2) is 8.80. The van der Waals surface area contributed by atoms with Crippen LogP contribution in [0, 0.1) is 6.92 Å². The van der Waals surface area contributed by atoms with Crippen molar-refractivity contribution in [2.24, 2.45) is 0 Å². The van der Waals surface area contributed by atoms with E-state index in [1.807, 2.05) is 24.7 Å². The number of fused-ring (bicyclic) bond motifs is 1. The molecule has 1 aromatic carbocycles. The number of rotatable bonds is 7. The van der Waals surface area contributed by atoms with Crippen molar-refractivity contribution in [1.29, 1.82) is 0 Å². The molecule has 146 valence electrons. The molecule has 3 heterocycles. The zero-order chi connectivity index (χ0) is 20.1. The summed E-state index contributed by atoms with van der Waals surface area (Å²) in [5, 5.41) is 1.12. The Labute approximate surface area is 171 Å². The van der Waals surface area contributed by atoms with E-state index in [1.165, 1.54) is 16.7 Å². The van der Waals surface area contributed by atoms with Crippen molar-refractivity contribution in [1.82, 2.24) is 19.9 Å². The van der Waals surface area contributed by atoms with Crippen LogP contribution < -0.4 is 4.74 Å². The van der Waals surface area contributed by atoms with Crippen LogP contribution in [-0.2, 0) is 19.6 Å². The van der Waals surface area contributed by atoms with Gasteiger partial charge in [-0.15, -0.1) is 0 Å². The summed E-state index contributed by atoms with van der Waals surface area (Å²) in [6, 6.07) is 16.7. The molecule has 5 nitrogen and oxygen atoms in total. The second-order valence-corrected chi connectivity index (χ2v) is 7.21. The third-order valence-electron chi connectivity index (χ3n) is 4.88. The Morgan fingerprint density at radius 2 is 1.69 bits per heavy atom. The molecule has 0 unspecified atom stereocenters. The third kappa shape index (κ3) is 4.76. The lowest BCUT2D eigenvalue weighted by molar-refractivity contribution is 0.242. The predicted molar refractivity (Wildman–Crippen MR) is 114 cm³/mol. The number of hydrogen-bond acceptors (Lipinski definition) is 5. The average molecular weight is 384 g/mol. The first kappa shape index (κ1) is 19.0. The summed E-state index contributed by atoms with van der Waals surface area (Å²) in [6.45, 7) is 4.38. The van der Waals surface area contributed by atoms with Gasteiger partial charge in [-0.05, 0) is 53.9 Å². The van der Waals surface area contributed by atoms with E-state index < -0.39 is 0 Å². The molecule has 0 atom stereocenters. The molecule has 0 saturated carbocycles. The smallest absolute Gasteiger partial charge is 0.218 e. The van der Waals surface area contributed by atoms with Crippen molar-refractivity contribution in [3.63, 3.8) is 0 Å². The molecule has 0 N–H and O–H groups in total. The summed E-state index contributed by atoms with van der Waals surface area (Å²) < 4.78 is 5.63. The minimum atomic E-state index is 0.675. The minimum Gasteiger partial charge on any atom is -0.481 e. The molecule has 0 spiro atoms. The zero-order valence-corrected chi connectivity index (χ0v) is 16.7. The quantitative estimate of drug-likeness (QED) is 0.468. The summed E-state index contributed by atoms with van der Waals surface area (Å²) in [5.41, 5.74) is 5.60. The lowest BCUT2D eigenvalue weighted by Crippen LogP contribution is -2.23. The number of pyridine rings is 3. The maximum Gasteiger partial charge on any atom is 0.218 e. The van der Waals surface area contributed by atoms with Gasteiger partial charge in [0.05, 0.1) is 12.6 Å². The fourth-order valence-electron chi connectivity index (χ4n) is 3.50. The highest BCUT2D eigenvalue weighted by molar-refractivity contribution is 5.80. The fourth-order valence-corrected chi connectivity index (χ4v) is 3.50. The standard InChI is InChI=1S/C24H24N4O/c1-18-5-6-21-13-22(24(29-2)27-23(21)12-18)17-28(15-19-7-10-25-11-8-19)16-20-4-3-9-26-14-20/h3-14H,15-17H2,1-2H3. The van der Waals surface area contributed by atoms with Crippen molar-refractivity contribution >= 4 is 10.9 Å². The van der Waals surface area contributed by atoms with E-state index in [2.05, 4.69) is 64.3 Å². The minimum absolute atomic E-state index is 0.675. The van der Waals surface area contributed by atoms with Gasteiger partial charge in [0.2, 0.25) is 5.88 Å². The SMILES string of the molecule is COc1nc2cc(C)ccc2cc1CN(Cc1ccncc1)Cc1cccnc1. The predicted octanol–water partition coefficient (Wildman–Crippen LogP) is 4.54. The molecule has 0 aliphatic heterocycles.